The number of benzene rings is 1. The number of nitrogens with one attached hydrogen (secondary N) is 2. The lowest BCUT2D eigenvalue weighted by Crippen LogP contribution is -2.48. The predicted octanol–water partition coefficient (Wildman–Crippen LogP) is 2.08. The van der Waals surface area contributed by atoms with Gasteiger partial charge in [0.25, 0.3) is 0 Å². The Morgan fingerprint density at radius 3 is 2.32 bits per heavy atom. The molecule has 1 aromatic rings. The quantitative estimate of drug-likeness (QED) is 0.501. The average molecular weight is 400 g/mol. The normalized spacial score (nSPS) is 14.2. The number of hydrogen-bond acceptors (Lipinski definition) is 4. The molecule has 0 spiro atoms. The summed E-state index contributed by atoms with van der Waals surface area (Å²) in [6, 6.07) is 2.03. The fourth-order valence-corrected chi connectivity index (χ4v) is 3.04. The molecule has 0 saturated heterocycles. The van der Waals surface area contributed by atoms with Crippen molar-refractivity contribution in [2.45, 2.75) is 64.6 Å². The van der Waals surface area contributed by atoms with Crippen LogP contribution in [-0.2, 0) is 20.7 Å². The van der Waals surface area contributed by atoms with Crippen molar-refractivity contribution in [1.82, 2.24) is 10.6 Å². The lowest BCUT2D eigenvalue weighted by Gasteiger charge is -2.28. The molecule has 0 fully saturated rings. The molecule has 0 radical (unpaired) electrons. The Kier molecular flexibility index (Phi) is 10.6. The Hall–Kier alpha value is -2.06. The van der Waals surface area contributed by atoms with Crippen molar-refractivity contribution in [2.75, 3.05) is 13.2 Å². The first-order chi connectivity index (χ1) is 13.2. The van der Waals surface area contributed by atoms with E-state index in [2.05, 4.69) is 10.6 Å². The summed E-state index contributed by atoms with van der Waals surface area (Å²) in [7, 11) is 0. The number of aliphatic hydroxyl groups excluding tert-OH is 1. The molecule has 0 aliphatic rings. The minimum atomic E-state index is -1.01. The summed E-state index contributed by atoms with van der Waals surface area (Å²) in [5.74, 6) is -2.10. The van der Waals surface area contributed by atoms with Gasteiger partial charge in [0, 0.05) is 25.6 Å². The van der Waals surface area contributed by atoms with Gasteiger partial charge in [0.05, 0.1) is 12.1 Å². The van der Waals surface area contributed by atoms with Crippen molar-refractivity contribution in [2.24, 2.45) is 0 Å². The van der Waals surface area contributed by atoms with Crippen LogP contribution < -0.4 is 10.6 Å². The van der Waals surface area contributed by atoms with E-state index in [1.54, 1.807) is 6.92 Å². The first-order valence-corrected chi connectivity index (χ1v) is 9.52. The van der Waals surface area contributed by atoms with Gasteiger partial charge in [-0.25, -0.2) is 8.78 Å². The van der Waals surface area contributed by atoms with Gasteiger partial charge in [-0.05, 0) is 43.9 Å². The van der Waals surface area contributed by atoms with E-state index >= 15 is 0 Å². The smallest absolute Gasteiger partial charge is 0.246 e. The summed E-state index contributed by atoms with van der Waals surface area (Å²) in [6.07, 6.45) is 0.650. The third-order valence-corrected chi connectivity index (χ3v) is 4.20. The molecule has 0 aliphatic carbocycles. The summed E-state index contributed by atoms with van der Waals surface area (Å²) in [5.41, 5.74) is 0.322. The minimum Gasteiger partial charge on any atom is -0.391 e. The molecule has 0 heterocycles. The van der Waals surface area contributed by atoms with Crippen molar-refractivity contribution in [3.8, 4) is 0 Å². The first kappa shape index (κ1) is 24.0. The van der Waals surface area contributed by atoms with E-state index in [9.17, 15) is 23.5 Å². The summed E-state index contributed by atoms with van der Waals surface area (Å²) in [6.45, 7) is 5.40. The number of hydrogen-bond donors (Lipinski definition) is 3. The van der Waals surface area contributed by atoms with Crippen molar-refractivity contribution >= 4 is 11.8 Å². The van der Waals surface area contributed by atoms with Crippen molar-refractivity contribution in [3.63, 3.8) is 0 Å². The van der Waals surface area contributed by atoms with E-state index in [-0.39, 0.29) is 37.3 Å². The molecular formula is C20H30F2N2O4. The van der Waals surface area contributed by atoms with Crippen molar-refractivity contribution in [3.05, 3.63) is 35.4 Å². The molecular weight excluding hydrogens is 370 g/mol. The maximum absolute atomic E-state index is 13.4. The Bertz CT molecular complexity index is 622. The van der Waals surface area contributed by atoms with Crippen LogP contribution >= 0.6 is 0 Å². The number of halogens is 2. The van der Waals surface area contributed by atoms with Crippen LogP contribution in [0.5, 0.6) is 0 Å². The number of aliphatic hydroxyl groups is 1. The highest BCUT2D eigenvalue weighted by Gasteiger charge is 2.25. The Morgan fingerprint density at radius 1 is 1.14 bits per heavy atom. The van der Waals surface area contributed by atoms with E-state index in [1.807, 2.05) is 6.92 Å². The largest absolute Gasteiger partial charge is 0.391 e. The Labute approximate surface area is 164 Å². The molecule has 3 atom stereocenters. The van der Waals surface area contributed by atoms with E-state index in [0.29, 0.717) is 18.6 Å². The molecule has 158 valence electrons. The molecule has 0 aliphatic heterocycles. The van der Waals surface area contributed by atoms with Crippen LogP contribution in [0.3, 0.4) is 0 Å². The minimum absolute atomic E-state index is 0.0567. The predicted molar refractivity (Wildman–Crippen MR) is 102 cm³/mol. The van der Waals surface area contributed by atoms with E-state index < -0.39 is 23.8 Å². The third-order valence-electron chi connectivity index (χ3n) is 4.20. The van der Waals surface area contributed by atoms with Gasteiger partial charge in [0.1, 0.15) is 18.2 Å². The summed E-state index contributed by atoms with van der Waals surface area (Å²) >= 11 is 0. The maximum Gasteiger partial charge on any atom is 0.246 e. The molecule has 3 N–H and O–H groups in total. The van der Waals surface area contributed by atoms with Gasteiger partial charge in [0.15, 0.2) is 0 Å². The first-order valence-electron chi connectivity index (χ1n) is 9.52. The fourth-order valence-electron chi connectivity index (χ4n) is 3.04. The summed E-state index contributed by atoms with van der Waals surface area (Å²) in [4.78, 5) is 23.4. The van der Waals surface area contributed by atoms with Crippen LogP contribution in [0, 0.1) is 11.6 Å². The molecule has 1 rings (SSSR count). The standard InChI is InChI=1S/C20H30F2N2O4/c1-4-6-17(24-20(27)12-28-5-2)11-19(26)18(23-13(3)25)9-14-7-15(21)10-16(22)8-14/h7-8,10,17-19,26H,4-6,9,11-12H2,1-3H3,(H,23,25)(H,24,27). The topological polar surface area (TPSA) is 87.7 Å². The van der Waals surface area contributed by atoms with E-state index in [1.165, 1.54) is 6.92 Å². The van der Waals surface area contributed by atoms with Crippen LogP contribution in [0.1, 0.15) is 45.6 Å². The number of rotatable bonds is 12. The van der Waals surface area contributed by atoms with Crippen LogP contribution in [0.15, 0.2) is 18.2 Å². The summed E-state index contributed by atoms with van der Waals surface area (Å²) in [5, 5.41) is 16.1. The highest BCUT2D eigenvalue weighted by Crippen LogP contribution is 2.15. The van der Waals surface area contributed by atoms with Crippen molar-refractivity contribution < 1.29 is 28.2 Å². The molecule has 0 saturated carbocycles. The lowest BCUT2D eigenvalue weighted by atomic mass is 9.94. The highest BCUT2D eigenvalue weighted by molar-refractivity contribution is 5.77. The maximum atomic E-state index is 13.4. The highest BCUT2D eigenvalue weighted by atomic mass is 19.1. The SMILES string of the molecule is CCCC(CC(O)C(Cc1cc(F)cc(F)c1)NC(C)=O)NC(=O)COCC. The molecule has 8 heteroatoms. The van der Waals surface area contributed by atoms with Crippen LogP contribution in [0.25, 0.3) is 0 Å². The zero-order chi connectivity index (χ0) is 21.1. The van der Waals surface area contributed by atoms with Crippen LogP contribution in [0.2, 0.25) is 0 Å². The monoisotopic (exact) mass is 400 g/mol. The van der Waals surface area contributed by atoms with Gasteiger partial charge >= 0.3 is 0 Å². The molecule has 2 amide bonds. The number of ether oxygens (including phenoxy) is 1. The lowest BCUT2D eigenvalue weighted by molar-refractivity contribution is -0.126. The summed E-state index contributed by atoms with van der Waals surface area (Å²) < 4.78 is 32.0. The molecule has 0 aromatic heterocycles. The van der Waals surface area contributed by atoms with Gasteiger partial charge in [-0.2, -0.15) is 0 Å². The zero-order valence-electron chi connectivity index (χ0n) is 16.6. The van der Waals surface area contributed by atoms with Gasteiger partial charge in [-0.1, -0.05) is 13.3 Å². The van der Waals surface area contributed by atoms with Crippen molar-refractivity contribution in [1.29, 1.82) is 0 Å². The average Bonchev–Trinajstić information content (AvgIpc) is 2.58. The molecule has 28 heavy (non-hydrogen) atoms. The van der Waals surface area contributed by atoms with E-state index in [0.717, 1.165) is 24.6 Å². The molecule has 6 nitrogen and oxygen atoms in total. The second-order valence-corrected chi connectivity index (χ2v) is 6.78. The Morgan fingerprint density at radius 2 is 1.79 bits per heavy atom. The Balaban J connectivity index is 2.83. The number of carbonyl (C=O) groups excluding carboxylic acids is 2. The zero-order valence-corrected chi connectivity index (χ0v) is 16.6. The van der Waals surface area contributed by atoms with Gasteiger partial charge in [0.2, 0.25) is 11.8 Å². The molecule has 3 unspecified atom stereocenters. The third kappa shape index (κ3) is 9.23. The molecule has 1 aromatic carbocycles. The van der Waals surface area contributed by atoms with Gasteiger partial charge in [-0.3, -0.25) is 9.59 Å². The van der Waals surface area contributed by atoms with Crippen LogP contribution in [-0.4, -0.2) is 48.3 Å². The second kappa shape index (κ2) is 12.4. The fraction of sp³-hybridized carbons (Fsp3) is 0.600. The van der Waals surface area contributed by atoms with Crippen LogP contribution in [0.4, 0.5) is 8.78 Å². The molecule has 0 bridgehead atoms. The number of carbonyl (C=O) groups is 2. The number of amides is 2. The van der Waals surface area contributed by atoms with E-state index in [4.69, 9.17) is 4.74 Å². The van der Waals surface area contributed by atoms with Gasteiger partial charge in [-0.15, -0.1) is 0 Å². The second-order valence-electron chi connectivity index (χ2n) is 6.78. The van der Waals surface area contributed by atoms with Gasteiger partial charge < -0.3 is 20.5 Å².